The average Bonchev–Trinajstić information content (AvgIpc) is 2.44. The Hall–Kier alpha value is -1.35. The van der Waals surface area contributed by atoms with Crippen LogP contribution in [0, 0.1) is 0 Å². The second-order valence-electron chi connectivity index (χ2n) is 4.76. The summed E-state index contributed by atoms with van der Waals surface area (Å²) < 4.78 is 5.29. The van der Waals surface area contributed by atoms with Crippen LogP contribution in [0.1, 0.15) is 38.7 Å². The van der Waals surface area contributed by atoms with E-state index in [4.69, 9.17) is 4.74 Å². The summed E-state index contributed by atoms with van der Waals surface area (Å²) in [7, 11) is 0. The van der Waals surface area contributed by atoms with Gasteiger partial charge in [0.25, 0.3) is 0 Å². The van der Waals surface area contributed by atoms with Crippen molar-refractivity contribution in [2.45, 2.75) is 33.1 Å². The number of hydrogen-bond donors (Lipinski definition) is 0. The van der Waals surface area contributed by atoms with Crippen molar-refractivity contribution in [1.82, 2.24) is 4.90 Å². The minimum atomic E-state index is -0.108. The average molecular weight is 263 g/mol. The summed E-state index contributed by atoms with van der Waals surface area (Å²) >= 11 is 0. The van der Waals surface area contributed by atoms with Gasteiger partial charge in [-0.05, 0) is 24.6 Å². The third kappa shape index (κ3) is 5.88. The van der Waals surface area contributed by atoms with Gasteiger partial charge in [0.2, 0.25) is 0 Å². The number of rotatable bonds is 8. The van der Waals surface area contributed by atoms with Gasteiger partial charge in [-0.25, -0.2) is 0 Å². The molecule has 0 amide bonds. The zero-order chi connectivity index (χ0) is 14.1. The van der Waals surface area contributed by atoms with Crippen LogP contribution >= 0.6 is 0 Å². The fourth-order valence-corrected chi connectivity index (χ4v) is 2.04. The van der Waals surface area contributed by atoms with Crippen molar-refractivity contribution in [2.75, 3.05) is 26.2 Å². The van der Waals surface area contributed by atoms with Gasteiger partial charge >= 0.3 is 5.97 Å². The van der Waals surface area contributed by atoms with Gasteiger partial charge in [-0.3, -0.25) is 4.79 Å². The molecule has 0 aliphatic rings. The molecule has 0 fully saturated rings. The van der Waals surface area contributed by atoms with E-state index in [1.807, 2.05) is 30.3 Å². The van der Waals surface area contributed by atoms with Crippen LogP contribution in [0.25, 0.3) is 0 Å². The van der Waals surface area contributed by atoms with Gasteiger partial charge in [0.1, 0.15) is 6.61 Å². The van der Waals surface area contributed by atoms with E-state index in [1.54, 1.807) is 0 Å². The van der Waals surface area contributed by atoms with Crippen LogP contribution in [-0.2, 0) is 9.53 Å². The molecule has 0 aliphatic carbocycles. The Morgan fingerprint density at radius 3 is 2.42 bits per heavy atom. The van der Waals surface area contributed by atoms with Crippen LogP contribution in [0.2, 0.25) is 0 Å². The van der Waals surface area contributed by atoms with Gasteiger partial charge in [0.15, 0.2) is 0 Å². The first-order valence-electron chi connectivity index (χ1n) is 7.10. The van der Waals surface area contributed by atoms with Crippen LogP contribution in [0.4, 0.5) is 0 Å². The van der Waals surface area contributed by atoms with Gasteiger partial charge < -0.3 is 9.64 Å². The number of esters is 1. The van der Waals surface area contributed by atoms with E-state index in [9.17, 15) is 4.79 Å². The quantitative estimate of drug-likeness (QED) is 0.675. The Bertz CT molecular complexity index is 360. The molecular formula is C16H25NO2. The predicted molar refractivity (Wildman–Crippen MR) is 78.2 cm³/mol. The highest BCUT2D eigenvalue weighted by Crippen LogP contribution is 2.18. The molecular weight excluding hydrogens is 238 g/mol. The molecule has 0 aliphatic heterocycles. The van der Waals surface area contributed by atoms with E-state index in [-0.39, 0.29) is 11.9 Å². The lowest BCUT2D eigenvalue weighted by molar-refractivity contribution is -0.144. The Labute approximate surface area is 116 Å². The molecule has 19 heavy (non-hydrogen) atoms. The van der Waals surface area contributed by atoms with Crippen molar-refractivity contribution in [3.63, 3.8) is 0 Å². The van der Waals surface area contributed by atoms with Crippen molar-refractivity contribution >= 4 is 5.97 Å². The molecule has 3 nitrogen and oxygen atoms in total. The minimum Gasteiger partial charge on any atom is -0.464 e. The summed E-state index contributed by atoms with van der Waals surface area (Å²) in [4.78, 5) is 14.0. The first-order valence-corrected chi connectivity index (χ1v) is 7.10. The van der Waals surface area contributed by atoms with Crippen molar-refractivity contribution < 1.29 is 9.53 Å². The Morgan fingerprint density at radius 2 is 1.84 bits per heavy atom. The summed E-state index contributed by atoms with van der Waals surface area (Å²) in [6, 6.07) is 10.1. The molecule has 0 spiro atoms. The SMILES string of the molecule is CCN(CC)CCOC(=O)C[C@@H](C)c1ccccc1. The molecule has 106 valence electrons. The molecule has 1 atom stereocenters. The van der Waals surface area contributed by atoms with E-state index in [0.717, 1.165) is 19.6 Å². The van der Waals surface area contributed by atoms with Crippen molar-refractivity contribution in [1.29, 1.82) is 0 Å². The number of carbonyl (C=O) groups excluding carboxylic acids is 1. The molecule has 1 rings (SSSR count). The lowest BCUT2D eigenvalue weighted by Crippen LogP contribution is -2.28. The van der Waals surface area contributed by atoms with Crippen LogP contribution in [-0.4, -0.2) is 37.1 Å². The van der Waals surface area contributed by atoms with Crippen molar-refractivity contribution in [3.8, 4) is 0 Å². The third-order valence-corrected chi connectivity index (χ3v) is 3.41. The fourth-order valence-electron chi connectivity index (χ4n) is 2.04. The highest BCUT2D eigenvalue weighted by molar-refractivity contribution is 5.70. The van der Waals surface area contributed by atoms with E-state index < -0.39 is 0 Å². The zero-order valence-corrected chi connectivity index (χ0v) is 12.3. The highest BCUT2D eigenvalue weighted by atomic mass is 16.5. The van der Waals surface area contributed by atoms with Crippen LogP contribution in [0.3, 0.4) is 0 Å². The molecule has 0 saturated heterocycles. The monoisotopic (exact) mass is 263 g/mol. The van der Waals surface area contributed by atoms with Crippen molar-refractivity contribution in [3.05, 3.63) is 35.9 Å². The number of benzene rings is 1. The van der Waals surface area contributed by atoms with Gasteiger partial charge in [0.05, 0.1) is 6.42 Å². The van der Waals surface area contributed by atoms with E-state index in [1.165, 1.54) is 5.56 Å². The molecule has 0 N–H and O–H groups in total. The maximum absolute atomic E-state index is 11.7. The molecule has 1 aromatic carbocycles. The molecule has 3 heteroatoms. The summed E-state index contributed by atoms with van der Waals surface area (Å²) in [6.45, 7) is 9.58. The lowest BCUT2D eigenvalue weighted by Gasteiger charge is -2.18. The number of carbonyl (C=O) groups is 1. The fraction of sp³-hybridized carbons (Fsp3) is 0.562. The highest BCUT2D eigenvalue weighted by Gasteiger charge is 2.12. The molecule has 1 aromatic rings. The zero-order valence-electron chi connectivity index (χ0n) is 12.3. The molecule has 0 radical (unpaired) electrons. The Kier molecular flexibility index (Phi) is 7.19. The molecule has 0 bridgehead atoms. The molecule has 0 heterocycles. The Morgan fingerprint density at radius 1 is 1.21 bits per heavy atom. The third-order valence-electron chi connectivity index (χ3n) is 3.41. The number of likely N-dealkylation sites (N-methyl/N-ethyl adjacent to an activating group) is 1. The minimum absolute atomic E-state index is 0.108. The van der Waals surface area contributed by atoms with Crippen LogP contribution < -0.4 is 0 Å². The summed E-state index contributed by atoms with van der Waals surface area (Å²) in [5, 5.41) is 0. The number of hydrogen-bond acceptors (Lipinski definition) is 3. The van der Waals surface area contributed by atoms with E-state index >= 15 is 0 Å². The Balaban J connectivity index is 2.28. The number of ether oxygens (including phenoxy) is 1. The van der Waals surface area contributed by atoms with E-state index in [0.29, 0.717) is 13.0 Å². The summed E-state index contributed by atoms with van der Waals surface area (Å²) in [5.74, 6) is 0.102. The smallest absolute Gasteiger partial charge is 0.306 e. The summed E-state index contributed by atoms with van der Waals surface area (Å²) in [6.07, 6.45) is 0.447. The predicted octanol–water partition coefficient (Wildman–Crippen LogP) is 3.07. The van der Waals surface area contributed by atoms with Gasteiger partial charge in [-0.2, -0.15) is 0 Å². The van der Waals surface area contributed by atoms with E-state index in [2.05, 4.69) is 25.7 Å². The van der Waals surface area contributed by atoms with Crippen molar-refractivity contribution in [2.24, 2.45) is 0 Å². The number of nitrogens with zero attached hydrogens (tertiary/aromatic N) is 1. The first kappa shape index (κ1) is 15.7. The molecule has 0 saturated carbocycles. The second-order valence-corrected chi connectivity index (χ2v) is 4.76. The van der Waals surface area contributed by atoms with Crippen LogP contribution in [0.15, 0.2) is 30.3 Å². The normalized spacial score (nSPS) is 12.4. The van der Waals surface area contributed by atoms with Crippen LogP contribution in [0.5, 0.6) is 0 Å². The lowest BCUT2D eigenvalue weighted by atomic mass is 9.98. The van der Waals surface area contributed by atoms with Gasteiger partial charge in [0, 0.05) is 6.54 Å². The van der Waals surface area contributed by atoms with Gasteiger partial charge in [-0.1, -0.05) is 51.1 Å². The summed E-state index contributed by atoms with van der Waals surface area (Å²) in [5.41, 5.74) is 1.18. The maximum Gasteiger partial charge on any atom is 0.306 e. The molecule has 0 aromatic heterocycles. The standard InChI is InChI=1S/C16H25NO2/c1-4-17(5-2)11-12-19-16(18)13-14(3)15-9-7-6-8-10-15/h6-10,14H,4-5,11-13H2,1-3H3/t14-/m1/s1. The molecule has 0 unspecified atom stereocenters. The second kappa shape index (κ2) is 8.70. The first-order chi connectivity index (χ1) is 9.17. The topological polar surface area (TPSA) is 29.5 Å². The maximum atomic E-state index is 11.7. The van der Waals surface area contributed by atoms with Gasteiger partial charge in [-0.15, -0.1) is 0 Å². The largest absolute Gasteiger partial charge is 0.464 e.